The Morgan fingerprint density at radius 3 is 2.39 bits per heavy atom. The van der Waals surface area contributed by atoms with Crippen LogP contribution < -0.4 is 11.1 Å². The molecule has 2 aromatic carbocycles. The number of benzene rings is 2. The second-order valence-corrected chi connectivity index (χ2v) is 5.65. The van der Waals surface area contributed by atoms with Crippen molar-refractivity contribution in [2.24, 2.45) is 0 Å². The molecule has 0 spiro atoms. The van der Waals surface area contributed by atoms with Crippen LogP contribution in [0, 0.1) is 12.7 Å². The number of aryl methyl sites for hydroxylation is 1. The van der Waals surface area contributed by atoms with Gasteiger partial charge in [-0.25, -0.2) is 4.39 Å². The predicted molar refractivity (Wildman–Crippen MR) is 80.7 cm³/mol. The van der Waals surface area contributed by atoms with Gasteiger partial charge in [0, 0.05) is 14.6 Å². The van der Waals surface area contributed by atoms with Gasteiger partial charge in [0.1, 0.15) is 5.82 Å². The lowest BCUT2D eigenvalue weighted by Crippen LogP contribution is -1.96. The Morgan fingerprint density at radius 2 is 1.72 bits per heavy atom. The lowest BCUT2D eigenvalue weighted by atomic mass is 10.2. The van der Waals surface area contributed by atoms with Crippen molar-refractivity contribution in [3.05, 3.63) is 50.7 Å². The van der Waals surface area contributed by atoms with E-state index in [0.717, 1.165) is 27.1 Å². The molecule has 0 heterocycles. The number of nitrogens with one attached hydrogen (secondary N) is 1. The summed E-state index contributed by atoms with van der Waals surface area (Å²) in [5.74, 6) is -0.278. The van der Waals surface area contributed by atoms with Crippen LogP contribution in [0.1, 0.15) is 5.56 Å². The third-order valence-electron chi connectivity index (χ3n) is 2.56. The van der Waals surface area contributed by atoms with Gasteiger partial charge in [-0.05, 0) is 74.7 Å². The van der Waals surface area contributed by atoms with E-state index >= 15 is 0 Å². The zero-order chi connectivity index (χ0) is 13.3. The van der Waals surface area contributed by atoms with Crippen molar-refractivity contribution in [1.82, 2.24) is 0 Å². The van der Waals surface area contributed by atoms with E-state index in [2.05, 4.69) is 37.2 Å². The molecule has 0 atom stereocenters. The second kappa shape index (κ2) is 5.28. The molecule has 18 heavy (non-hydrogen) atoms. The SMILES string of the molecule is Cc1cc(Nc2ccc(F)cc2Br)c(Br)cc1N. The average molecular weight is 374 g/mol. The molecule has 5 heteroatoms. The van der Waals surface area contributed by atoms with Gasteiger partial charge in [-0.15, -0.1) is 0 Å². The zero-order valence-corrected chi connectivity index (χ0v) is 12.8. The molecule has 94 valence electrons. The van der Waals surface area contributed by atoms with Gasteiger partial charge in [0.15, 0.2) is 0 Å². The fourth-order valence-corrected chi connectivity index (χ4v) is 2.44. The molecule has 3 N–H and O–H groups in total. The van der Waals surface area contributed by atoms with Crippen molar-refractivity contribution in [3.63, 3.8) is 0 Å². The van der Waals surface area contributed by atoms with Crippen LogP contribution in [0.5, 0.6) is 0 Å². The molecular weight excluding hydrogens is 363 g/mol. The number of nitrogens with two attached hydrogens (primary N) is 1. The minimum atomic E-state index is -0.278. The van der Waals surface area contributed by atoms with Crippen LogP contribution in [0.25, 0.3) is 0 Å². The first-order chi connectivity index (χ1) is 8.47. The summed E-state index contributed by atoms with van der Waals surface area (Å²) in [5.41, 5.74) is 9.20. The lowest BCUT2D eigenvalue weighted by Gasteiger charge is -2.12. The number of hydrogen-bond acceptors (Lipinski definition) is 2. The molecule has 0 saturated carbocycles. The largest absolute Gasteiger partial charge is 0.398 e. The van der Waals surface area contributed by atoms with E-state index in [1.807, 2.05) is 19.1 Å². The van der Waals surface area contributed by atoms with Gasteiger partial charge in [-0.3, -0.25) is 0 Å². The van der Waals surface area contributed by atoms with E-state index < -0.39 is 0 Å². The van der Waals surface area contributed by atoms with Gasteiger partial charge in [0.25, 0.3) is 0 Å². The summed E-state index contributed by atoms with van der Waals surface area (Å²) in [4.78, 5) is 0. The van der Waals surface area contributed by atoms with E-state index in [1.165, 1.54) is 12.1 Å². The summed E-state index contributed by atoms with van der Waals surface area (Å²) in [6.45, 7) is 1.94. The quantitative estimate of drug-likeness (QED) is 0.728. The highest BCUT2D eigenvalue weighted by Crippen LogP contribution is 2.33. The van der Waals surface area contributed by atoms with Crippen LogP contribution in [0.15, 0.2) is 39.3 Å². The van der Waals surface area contributed by atoms with Crippen LogP contribution in [0.2, 0.25) is 0 Å². The highest BCUT2D eigenvalue weighted by molar-refractivity contribution is 9.11. The van der Waals surface area contributed by atoms with Gasteiger partial charge >= 0.3 is 0 Å². The average Bonchev–Trinajstić information content (AvgIpc) is 2.29. The molecule has 2 nitrogen and oxygen atoms in total. The maximum atomic E-state index is 13.0. The number of halogens is 3. The Bertz CT molecular complexity index is 600. The van der Waals surface area contributed by atoms with Gasteiger partial charge in [-0.1, -0.05) is 0 Å². The maximum absolute atomic E-state index is 13.0. The van der Waals surface area contributed by atoms with Crippen LogP contribution >= 0.6 is 31.9 Å². The summed E-state index contributed by atoms with van der Waals surface area (Å²) < 4.78 is 14.5. The Labute approximate surface area is 122 Å². The molecule has 0 fully saturated rings. The number of anilines is 3. The minimum absolute atomic E-state index is 0.278. The Kier molecular flexibility index (Phi) is 3.92. The van der Waals surface area contributed by atoms with Gasteiger partial charge < -0.3 is 11.1 Å². The molecule has 0 unspecified atom stereocenters. The third kappa shape index (κ3) is 2.84. The van der Waals surface area contributed by atoms with Crippen molar-refractivity contribution < 1.29 is 4.39 Å². The van der Waals surface area contributed by atoms with Gasteiger partial charge in [0.05, 0.1) is 11.4 Å². The standard InChI is InChI=1S/C13H11Br2FN2/c1-7-4-13(10(15)6-11(7)17)18-12-3-2-8(16)5-9(12)14/h2-6,18H,17H2,1H3. The van der Waals surface area contributed by atoms with E-state index in [1.54, 1.807) is 6.07 Å². The van der Waals surface area contributed by atoms with Gasteiger partial charge in [0.2, 0.25) is 0 Å². The molecule has 0 aliphatic heterocycles. The summed E-state index contributed by atoms with van der Waals surface area (Å²) in [7, 11) is 0. The number of rotatable bonds is 2. The number of nitrogen functional groups attached to an aromatic ring is 1. The first-order valence-electron chi connectivity index (χ1n) is 5.25. The Balaban J connectivity index is 2.37. The first kappa shape index (κ1) is 13.4. The van der Waals surface area contributed by atoms with Crippen LogP contribution in [0.4, 0.5) is 21.5 Å². The Morgan fingerprint density at radius 1 is 1.06 bits per heavy atom. The Hall–Kier alpha value is -1.07. The summed E-state index contributed by atoms with van der Waals surface area (Å²) in [6, 6.07) is 8.29. The molecule has 0 amide bonds. The predicted octanol–water partition coefficient (Wildman–Crippen LogP) is 4.98. The van der Waals surface area contributed by atoms with Crippen LogP contribution in [-0.2, 0) is 0 Å². The molecule has 2 rings (SSSR count). The van der Waals surface area contributed by atoms with E-state index in [4.69, 9.17) is 5.73 Å². The molecule has 2 aromatic rings. The van der Waals surface area contributed by atoms with E-state index in [9.17, 15) is 4.39 Å². The van der Waals surface area contributed by atoms with Crippen molar-refractivity contribution in [2.75, 3.05) is 11.1 Å². The second-order valence-electron chi connectivity index (χ2n) is 3.94. The normalized spacial score (nSPS) is 10.4. The van der Waals surface area contributed by atoms with Crippen molar-refractivity contribution >= 4 is 48.9 Å². The summed E-state index contributed by atoms with van der Waals surface area (Å²) in [5, 5.41) is 3.22. The van der Waals surface area contributed by atoms with Crippen molar-refractivity contribution in [2.45, 2.75) is 6.92 Å². The highest BCUT2D eigenvalue weighted by atomic mass is 79.9. The topological polar surface area (TPSA) is 38.0 Å². The molecule has 0 saturated heterocycles. The zero-order valence-electron chi connectivity index (χ0n) is 9.60. The van der Waals surface area contributed by atoms with Crippen LogP contribution in [-0.4, -0.2) is 0 Å². The fourth-order valence-electron chi connectivity index (χ4n) is 1.53. The first-order valence-corrected chi connectivity index (χ1v) is 6.83. The summed E-state index contributed by atoms with van der Waals surface area (Å²) >= 11 is 6.77. The molecule has 0 aliphatic rings. The molecule has 0 aliphatic carbocycles. The lowest BCUT2D eigenvalue weighted by molar-refractivity contribution is 0.627. The highest BCUT2D eigenvalue weighted by Gasteiger charge is 2.06. The van der Waals surface area contributed by atoms with Gasteiger partial charge in [-0.2, -0.15) is 0 Å². The maximum Gasteiger partial charge on any atom is 0.124 e. The van der Waals surface area contributed by atoms with E-state index in [-0.39, 0.29) is 5.82 Å². The van der Waals surface area contributed by atoms with Crippen molar-refractivity contribution in [3.8, 4) is 0 Å². The molecule has 0 aromatic heterocycles. The monoisotopic (exact) mass is 372 g/mol. The third-order valence-corrected chi connectivity index (χ3v) is 3.87. The fraction of sp³-hybridized carbons (Fsp3) is 0.0769. The smallest absolute Gasteiger partial charge is 0.124 e. The number of hydrogen-bond donors (Lipinski definition) is 2. The van der Waals surface area contributed by atoms with Crippen LogP contribution in [0.3, 0.4) is 0 Å². The van der Waals surface area contributed by atoms with Crippen molar-refractivity contribution in [1.29, 1.82) is 0 Å². The molecule has 0 bridgehead atoms. The summed E-state index contributed by atoms with van der Waals surface area (Å²) in [6.07, 6.45) is 0. The minimum Gasteiger partial charge on any atom is -0.398 e. The molecular formula is C13H11Br2FN2. The molecule has 0 radical (unpaired) electrons. The van der Waals surface area contributed by atoms with E-state index in [0.29, 0.717) is 4.47 Å².